The minimum absolute atomic E-state index is 0.0122. The van der Waals surface area contributed by atoms with Gasteiger partial charge in [0.1, 0.15) is 11.5 Å². The summed E-state index contributed by atoms with van der Waals surface area (Å²) in [5.74, 6) is -0.113. The van der Waals surface area contributed by atoms with E-state index in [2.05, 4.69) is 4.74 Å². The molecule has 5 heteroatoms. The van der Waals surface area contributed by atoms with Crippen molar-refractivity contribution < 1.29 is 24.2 Å². The maximum atomic E-state index is 12.0. The van der Waals surface area contributed by atoms with E-state index in [9.17, 15) is 14.7 Å². The number of carbonyl (C=O) groups is 2. The fourth-order valence-electron chi connectivity index (χ4n) is 1.71. The van der Waals surface area contributed by atoms with Gasteiger partial charge in [0, 0.05) is 12.8 Å². The van der Waals surface area contributed by atoms with Crippen LogP contribution in [0.25, 0.3) is 0 Å². The molecule has 0 saturated carbocycles. The zero-order valence-corrected chi connectivity index (χ0v) is 12.0. The molecular weight excluding hydrogens is 260 g/mol. The predicted molar refractivity (Wildman–Crippen MR) is 74.1 cm³/mol. The molecule has 110 valence electrons. The first-order chi connectivity index (χ1) is 9.43. The molecule has 0 aromatic heterocycles. The van der Waals surface area contributed by atoms with Gasteiger partial charge in [-0.1, -0.05) is 0 Å². The first-order valence-corrected chi connectivity index (χ1v) is 6.53. The van der Waals surface area contributed by atoms with Crippen LogP contribution >= 0.6 is 0 Å². The average Bonchev–Trinajstić information content (AvgIpc) is 2.40. The number of carbonyl (C=O) groups excluding carboxylic acids is 2. The van der Waals surface area contributed by atoms with Gasteiger partial charge in [0.2, 0.25) is 0 Å². The zero-order chi connectivity index (χ0) is 15.1. The Labute approximate surface area is 118 Å². The second-order valence-corrected chi connectivity index (χ2v) is 4.70. The molecule has 0 bridgehead atoms. The van der Waals surface area contributed by atoms with E-state index in [0.717, 1.165) is 0 Å². The molecule has 20 heavy (non-hydrogen) atoms. The largest absolute Gasteiger partial charge is 0.507 e. The lowest BCUT2D eigenvalue weighted by Gasteiger charge is -2.11. The zero-order valence-electron chi connectivity index (χ0n) is 12.0. The molecule has 0 unspecified atom stereocenters. The van der Waals surface area contributed by atoms with Crippen LogP contribution in [0.4, 0.5) is 0 Å². The van der Waals surface area contributed by atoms with E-state index in [0.29, 0.717) is 12.2 Å². The molecule has 1 aromatic rings. The molecule has 1 rings (SSSR count). The van der Waals surface area contributed by atoms with Crippen molar-refractivity contribution in [2.75, 3.05) is 7.11 Å². The Morgan fingerprint density at radius 3 is 2.55 bits per heavy atom. The highest BCUT2D eigenvalue weighted by Gasteiger charge is 2.13. The molecule has 0 aliphatic rings. The van der Waals surface area contributed by atoms with Crippen molar-refractivity contribution in [1.29, 1.82) is 0 Å². The molecule has 0 amide bonds. The minimum Gasteiger partial charge on any atom is -0.507 e. The number of phenols is 1. The number of hydrogen-bond donors (Lipinski definition) is 1. The average molecular weight is 280 g/mol. The first kappa shape index (κ1) is 16.0. The van der Waals surface area contributed by atoms with Crippen molar-refractivity contribution >= 4 is 11.8 Å². The van der Waals surface area contributed by atoms with Crippen molar-refractivity contribution in [3.63, 3.8) is 0 Å². The van der Waals surface area contributed by atoms with E-state index < -0.39 is 0 Å². The number of aromatic hydroxyl groups is 1. The second-order valence-electron chi connectivity index (χ2n) is 4.70. The number of hydrogen-bond acceptors (Lipinski definition) is 5. The number of esters is 1. The number of Topliss-reactive ketones (excluding diaryl/α,β-unsaturated/α-hetero) is 1. The number of benzene rings is 1. The number of rotatable bonds is 7. The van der Waals surface area contributed by atoms with Gasteiger partial charge in [0.25, 0.3) is 0 Å². The monoisotopic (exact) mass is 280 g/mol. The highest BCUT2D eigenvalue weighted by Crippen LogP contribution is 2.25. The lowest BCUT2D eigenvalue weighted by molar-refractivity contribution is -0.140. The van der Waals surface area contributed by atoms with Crippen LogP contribution in [0.1, 0.15) is 43.5 Å². The van der Waals surface area contributed by atoms with Crippen LogP contribution in [0.15, 0.2) is 18.2 Å². The first-order valence-electron chi connectivity index (χ1n) is 6.53. The van der Waals surface area contributed by atoms with Crippen molar-refractivity contribution in [1.82, 2.24) is 0 Å². The van der Waals surface area contributed by atoms with Gasteiger partial charge in [0.15, 0.2) is 5.78 Å². The Kier molecular flexibility index (Phi) is 6.03. The summed E-state index contributed by atoms with van der Waals surface area (Å²) in [6.07, 6.45) is 0.737. The van der Waals surface area contributed by atoms with Crippen LogP contribution < -0.4 is 4.74 Å². The minimum atomic E-state index is -0.348. The molecule has 0 aliphatic carbocycles. The van der Waals surface area contributed by atoms with E-state index >= 15 is 0 Å². The topological polar surface area (TPSA) is 72.8 Å². The molecule has 1 aromatic carbocycles. The number of methoxy groups -OCH3 is 1. The fraction of sp³-hybridized carbons (Fsp3) is 0.467. The quantitative estimate of drug-likeness (QED) is 0.614. The van der Waals surface area contributed by atoms with Crippen LogP contribution in [0.2, 0.25) is 0 Å². The van der Waals surface area contributed by atoms with Gasteiger partial charge in [-0.05, 0) is 38.5 Å². The third kappa shape index (κ3) is 4.91. The standard InChI is InChI=1S/C15H20O5/c1-10(2)20-11-7-8-14(17)12(9-11)13(16)5-4-6-15(18)19-3/h7-10,17H,4-6H2,1-3H3. The van der Waals surface area contributed by atoms with E-state index in [1.807, 2.05) is 13.8 Å². The van der Waals surface area contributed by atoms with Gasteiger partial charge < -0.3 is 14.6 Å². The molecule has 0 fully saturated rings. The summed E-state index contributed by atoms with van der Waals surface area (Å²) in [4.78, 5) is 23.0. The van der Waals surface area contributed by atoms with E-state index in [-0.39, 0.29) is 42.0 Å². The second kappa shape index (κ2) is 7.53. The summed E-state index contributed by atoms with van der Waals surface area (Å²) >= 11 is 0. The lowest BCUT2D eigenvalue weighted by Crippen LogP contribution is -2.07. The molecule has 0 atom stereocenters. The maximum absolute atomic E-state index is 12.0. The highest BCUT2D eigenvalue weighted by atomic mass is 16.5. The van der Waals surface area contributed by atoms with Gasteiger partial charge in [-0.15, -0.1) is 0 Å². The smallest absolute Gasteiger partial charge is 0.305 e. The third-order valence-electron chi connectivity index (χ3n) is 2.65. The van der Waals surface area contributed by atoms with Gasteiger partial charge >= 0.3 is 5.97 Å². The summed E-state index contributed by atoms with van der Waals surface area (Å²) < 4.78 is 9.99. The molecule has 1 N–H and O–H groups in total. The van der Waals surface area contributed by atoms with Gasteiger partial charge in [-0.3, -0.25) is 9.59 Å². The number of ketones is 1. The third-order valence-corrected chi connectivity index (χ3v) is 2.65. The Morgan fingerprint density at radius 2 is 1.95 bits per heavy atom. The Morgan fingerprint density at radius 1 is 1.25 bits per heavy atom. The molecule has 0 radical (unpaired) electrons. The van der Waals surface area contributed by atoms with E-state index in [1.54, 1.807) is 6.07 Å². The number of ether oxygens (including phenoxy) is 2. The Bertz CT molecular complexity index is 479. The fourth-order valence-corrected chi connectivity index (χ4v) is 1.71. The van der Waals surface area contributed by atoms with Crippen LogP contribution in [0, 0.1) is 0 Å². The van der Waals surface area contributed by atoms with Crippen LogP contribution in [-0.4, -0.2) is 30.1 Å². The molecular formula is C15H20O5. The highest BCUT2D eigenvalue weighted by molar-refractivity contribution is 5.99. The SMILES string of the molecule is COC(=O)CCCC(=O)c1cc(OC(C)C)ccc1O. The van der Waals surface area contributed by atoms with Crippen molar-refractivity contribution in [2.45, 2.75) is 39.2 Å². The molecule has 0 aliphatic heterocycles. The summed E-state index contributed by atoms with van der Waals surface area (Å²) in [6, 6.07) is 4.57. The van der Waals surface area contributed by atoms with Crippen LogP contribution in [0.5, 0.6) is 11.5 Å². The molecule has 0 saturated heterocycles. The lowest BCUT2D eigenvalue weighted by atomic mass is 10.0. The normalized spacial score (nSPS) is 10.4. The van der Waals surface area contributed by atoms with Crippen LogP contribution in [-0.2, 0) is 9.53 Å². The predicted octanol–water partition coefficient (Wildman–Crippen LogP) is 2.71. The summed E-state index contributed by atoms with van der Waals surface area (Å²) in [6.45, 7) is 3.76. The van der Waals surface area contributed by atoms with Crippen molar-refractivity contribution in [2.24, 2.45) is 0 Å². The summed E-state index contributed by atoms with van der Waals surface area (Å²) in [5.41, 5.74) is 0.216. The van der Waals surface area contributed by atoms with Crippen LogP contribution in [0.3, 0.4) is 0 Å². The molecule has 5 nitrogen and oxygen atoms in total. The maximum Gasteiger partial charge on any atom is 0.305 e. The Balaban J connectivity index is 2.69. The molecule has 0 heterocycles. The molecule has 0 spiro atoms. The van der Waals surface area contributed by atoms with Gasteiger partial charge in [0.05, 0.1) is 18.8 Å². The number of phenolic OH excluding ortho intramolecular Hbond substituents is 1. The van der Waals surface area contributed by atoms with E-state index in [4.69, 9.17) is 4.74 Å². The van der Waals surface area contributed by atoms with Crippen molar-refractivity contribution in [3.8, 4) is 11.5 Å². The summed E-state index contributed by atoms with van der Waals surface area (Å²) in [7, 11) is 1.31. The van der Waals surface area contributed by atoms with E-state index in [1.165, 1.54) is 19.2 Å². The van der Waals surface area contributed by atoms with Gasteiger partial charge in [-0.25, -0.2) is 0 Å². The van der Waals surface area contributed by atoms with Crippen molar-refractivity contribution in [3.05, 3.63) is 23.8 Å². The Hall–Kier alpha value is -2.04. The van der Waals surface area contributed by atoms with Gasteiger partial charge in [-0.2, -0.15) is 0 Å². The summed E-state index contributed by atoms with van der Waals surface area (Å²) in [5, 5.41) is 9.73.